The molecule has 0 saturated heterocycles. The lowest BCUT2D eigenvalue weighted by atomic mass is 9.93. The molecule has 1 N–H and O–H groups in total. The minimum atomic E-state index is -0.308. The third kappa shape index (κ3) is 11.8. The zero-order chi connectivity index (χ0) is 39.0. The van der Waals surface area contributed by atoms with E-state index in [1.54, 1.807) is 0 Å². The second-order valence-electron chi connectivity index (χ2n) is 14.1. The molecule has 0 fully saturated rings. The number of ether oxygens (including phenoxy) is 3. The number of carbonyl (C=O) groups is 2. The molecule has 0 atom stereocenters. The number of rotatable bonds is 21. The Kier molecular flexibility index (Phi) is 15.5. The molecule has 1 aromatic heterocycles. The van der Waals surface area contributed by atoms with Gasteiger partial charge in [-0.15, -0.1) is 0 Å². The Morgan fingerprint density at radius 1 is 0.782 bits per heavy atom. The van der Waals surface area contributed by atoms with E-state index in [4.69, 9.17) is 18.7 Å². The summed E-state index contributed by atoms with van der Waals surface area (Å²) in [7, 11) is 2.12. The van der Waals surface area contributed by atoms with E-state index in [2.05, 4.69) is 54.5 Å². The summed E-state index contributed by atoms with van der Waals surface area (Å²) in [6, 6.07) is 32.3. The summed E-state index contributed by atoms with van der Waals surface area (Å²) in [5, 5.41) is 7.26. The lowest BCUT2D eigenvalue weighted by Crippen LogP contribution is -2.23. The highest BCUT2D eigenvalue weighted by Crippen LogP contribution is 2.44. The first-order valence-corrected chi connectivity index (χ1v) is 19.5. The minimum Gasteiger partial charge on any atom is -0.488 e. The van der Waals surface area contributed by atoms with Crippen LogP contribution >= 0.6 is 0 Å². The first-order valence-electron chi connectivity index (χ1n) is 19.5. The van der Waals surface area contributed by atoms with Gasteiger partial charge in [-0.25, -0.2) is 0 Å². The summed E-state index contributed by atoms with van der Waals surface area (Å²) < 4.78 is 24.2. The van der Waals surface area contributed by atoms with Crippen LogP contribution in [0.1, 0.15) is 98.5 Å². The van der Waals surface area contributed by atoms with E-state index >= 15 is 0 Å². The van der Waals surface area contributed by atoms with Gasteiger partial charge in [0.15, 0.2) is 11.5 Å². The maximum absolute atomic E-state index is 13.5. The van der Waals surface area contributed by atoms with Crippen molar-refractivity contribution in [1.29, 1.82) is 0 Å². The van der Waals surface area contributed by atoms with Crippen molar-refractivity contribution < 1.29 is 28.3 Å². The van der Waals surface area contributed by atoms with Gasteiger partial charge in [-0.2, -0.15) is 0 Å². The number of benzene rings is 4. The monoisotopic (exact) mass is 745 g/mol. The minimum absolute atomic E-state index is 0.112. The fourth-order valence-corrected chi connectivity index (χ4v) is 6.47. The van der Waals surface area contributed by atoms with Crippen LogP contribution in [0, 0.1) is 0 Å². The van der Waals surface area contributed by atoms with Crippen molar-refractivity contribution in [3.05, 3.63) is 125 Å². The van der Waals surface area contributed by atoms with Crippen molar-refractivity contribution in [2.45, 2.75) is 85.5 Å². The molecule has 0 aliphatic carbocycles. The number of esters is 1. The van der Waals surface area contributed by atoms with Crippen molar-refractivity contribution >= 4 is 11.9 Å². The van der Waals surface area contributed by atoms with E-state index in [0.29, 0.717) is 55.4 Å². The highest BCUT2D eigenvalue weighted by Gasteiger charge is 2.28. The van der Waals surface area contributed by atoms with Gasteiger partial charge < -0.3 is 29.0 Å². The van der Waals surface area contributed by atoms with Crippen molar-refractivity contribution in [1.82, 2.24) is 15.4 Å². The summed E-state index contributed by atoms with van der Waals surface area (Å²) in [6.45, 7) is 11.3. The van der Waals surface area contributed by atoms with Crippen molar-refractivity contribution in [3.8, 4) is 33.9 Å². The summed E-state index contributed by atoms with van der Waals surface area (Å²) in [4.78, 5) is 27.4. The van der Waals surface area contributed by atoms with Crippen molar-refractivity contribution in [3.63, 3.8) is 0 Å². The van der Waals surface area contributed by atoms with Crippen molar-refractivity contribution in [2.75, 3.05) is 26.7 Å². The van der Waals surface area contributed by atoms with Gasteiger partial charge in [0, 0.05) is 25.6 Å². The molecule has 0 unspecified atom stereocenters. The molecule has 4 aromatic carbocycles. The first kappa shape index (κ1) is 40.8. The Bertz CT molecular complexity index is 1940. The predicted octanol–water partition coefficient (Wildman–Crippen LogP) is 9.99. The molecule has 290 valence electrons. The lowest BCUT2D eigenvalue weighted by molar-refractivity contribution is -0.143. The second kappa shape index (κ2) is 20.9. The van der Waals surface area contributed by atoms with Crippen molar-refractivity contribution in [2.24, 2.45) is 0 Å². The Morgan fingerprint density at radius 2 is 1.42 bits per heavy atom. The number of hydrogen-bond acceptors (Lipinski definition) is 8. The fourth-order valence-electron chi connectivity index (χ4n) is 6.47. The van der Waals surface area contributed by atoms with Gasteiger partial charge in [0.2, 0.25) is 0 Å². The molecular formula is C46H55N3O6. The number of nitrogens with one attached hydrogen (secondary N) is 1. The molecular weight excluding hydrogens is 691 g/mol. The molecule has 5 rings (SSSR count). The molecule has 1 amide bonds. The largest absolute Gasteiger partial charge is 0.488 e. The average molecular weight is 746 g/mol. The van der Waals surface area contributed by atoms with Gasteiger partial charge in [-0.3, -0.25) is 9.59 Å². The smallest absolute Gasteiger partial charge is 0.305 e. The van der Waals surface area contributed by atoms with E-state index in [0.717, 1.165) is 72.3 Å². The zero-order valence-corrected chi connectivity index (χ0v) is 32.9. The molecule has 9 heteroatoms. The maximum Gasteiger partial charge on any atom is 0.305 e. The molecule has 0 aliphatic heterocycles. The van der Waals surface area contributed by atoms with Crippen LogP contribution in [0.15, 0.2) is 102 Å². The van der Waals surface area contributed by atoms with E-state index in [9.17, 15) is 9.59 Å². The number of aromatic nitrogens is 1. The van der Waals surface area contributed by atoms with Crippen LogP contribution in [0.4, 0.5) is 0 Å². The standard InChI is InChI=1S/C46H55N3O6/c1-6-47-46(51)44-43(37-25-23-34(24-26-37)30-49(5)27-17-9-8-16-22-42(50)52-7-2)45(55-48-44)39-28-38(33(3)4)40(53-31-35-18-12-10-13-19-35)29-41(39)54-32-36-20-14-11-15-21-36/h10-15,18-21,23-26,28-29,33H,6-9,16-17,22,27,30-32H2,1-5H3,(H,47,51). The Balaban J connectivity index is 1.43. The van der Waals surface area contributed by atoms with Crippen LogP contribution < -0.4 is 14.8 Å². The average Bonchev–Trinajstić information content (AvgIpc) is 3.64. The van der Waals surface area contributed by atoms with Crippen LogP contribution in [0.3, 0.4) is 0 Å². The number of unbranched alkanes of at least 4 members (excludes halogenated alkanes) is 3. The highest BCUT2D eigenvalue weighted by atomic mass is 16.5. The Labute approximate surface area is 326 Å². The van der Waals surface area contributed by atoms with Crippen LogP contribution in [0.5, 0.6) is 11.5 Å². The van der Waals surface area contributed by atoms with Gasteiger partial charge in [0.1, 0.15) is 24.7 Å². The molecule has 0 aliphatic rings. The highest BCUT2D eigenvalue weighted by molar-refractivity contribution is 6.02. The third-order valence-corrected chi connectivity index (χ3v) is 9.37. The summed E-state index contributed by atoms with van der Waals surface area (Å²) >= 11 is 0. The molecule has 0 saturated carbocycles. The molecule has 0 radical (unpaired) electrons. The van der Waals surface area contributed by atoms with E-state index in [1.165, 1.54) is 0 Å². The van der Waals surface area contributed by atoms with Gasteiger partial charge in [-0.1, -0.05) is 117 Å². The Morgan fingerprint density at radius 3 is 2.04 bits per heavy atom. The molecule has 1 heterocycles. The SMILES string of the molecule is CCNC(=O)c1noc(-c2cc(C(C)C)c(OCc3ccccc3)cc2OCc2ccccc2)c1-c1ccc(CN(C)CCCCCCC(=O)OCC)cc1. The molecule has 0 spiro atoms. The Hall–Kier alpha value is -5.41. The normalized spacial score (nSPS) is 11.2. The van der Waals surface area contributed by atoms with Crippen LogP contribution in [-0.2, 0) is 29.3 Å². The van der Waals surface area contributed by atoms with Crippen LogP contribution in [0.25, 0.3) is 22.5 Å². The zero-order valence-electron chi connectivity index (χ0n) is 32.9. The summed E-state index contributed by atoms with van der Waals surface area (Å²) in [6.07, 6.45) is 4.48. The van der Waals surface area contributed by atoms with Gasteiger partial charge in [-0.05, 0) is 80.1 Å². The topological polar surface area (TPSA) is 103 Å². The van der Waals surface area contributed by atoms with Gasteiger partial charge in [0.25, 0.3) is 5.91 Å². The number of amides is 1. The predicted molar refractivity (Wildman–Crippen MR) is 217 cm³/mol. The molecule has 5 aromatic rings. The lowest BCUT2D eigenvalue weighted by Gasteiger charge is -2.19. The number of nitrogens with zero attached hydrogens (tertiary/aromatic N) is 2. The molecule has 0 bridgehead atoms. The first-order chi connectivity index (χ1) is 26.8. The van der Waals surface area contributed by atoms with Crippen LogP contribution in [-0.4, -0.2) is 48.7 Å². The number of hydrogen-bond donors (Lipinski definition) is 1. The number of carbonyl (C=O) groups excluding carboxylic acids is 2. The van der Waals surface area contributed by atoms with Gasteiger partial charge >= 0.3 is 5.97 Å². The van der Waals surface area contributed by atoms with E-state index in [1.807, 2.05) is 92.7 Å². The third-order valence-electron chi connectivity index (χ3n) is 9.37. The quantitative estimate of drug-likeness (QED) is 0.0585. The van der Waals surface area contributed by atoms with Crippen LogP contribution in [0.2, 0.25) is 0 Å². The maximum atomic E-state index is 13.5. The van der Waals surface area contributed by atoms with E-state index < -0.39 is 0 Å². The fraction of sp³-hybridized carbons (Fsp3) is 0.370. The summed E-state index contributed by atoms with van der Waals surface area (Å²) in [5.74, 6) is 1.43. The molecule has 55 heavy (non-hydrogen) atoms. The van der Waals surface area contributed by atoms with Gasteiger partial charge in [0.05, 0.1) is 17.7 Å². The summed E-state index contributed by atoms with van der Waals surface area (Å²) in [5.41, 5.74) is 6.54. The molecule has 9 nitrogen and oxygen atoms in total. The second-order valence-corrected chi connectivity index (χ2v) is 14.1. The van der Waals surface area contributed by atoms with E-state index in [-0.39, 0.29) is 23.5 Å².